The Hall–Kier alpha value is -0.740. The Bertz CT molecular complexity index is 614. The Morgan fingerprint density at radius 3 is 2.61 bits per heavy atom. The van der Waals surface area contributed by atoms with E-state index in [1.54, 1.807) is 0 Å². The fourth-order valence-electron chi connectivity index (χ4n) is 7.14. The van der Waals surface area contributed by atoms with E-state index in [2.05, 4.69) is 13.8 Å². The molecule has 0 radical (unpaired) electrons. The molecule has 1 aliphatic heterocycles. The lowest BCUT2D eigenvalue weighted by atomic mass is 9.43. The van der Waals surface area contributed by atoms with Crippen LogP contribution < -0.4 is 0 Å². The minimum absolute atomic E-state index is 0.0166. The van der Waals surface area contributed by atoms with E-state index in [0.717, 1.165) is 32.1 Å². The largest absolute Gasteiger partial charge is 0.379 e. The molecule has 4 saturated carbocycles. The third-order valence-electron chi connectivity index (χ3n) is 8.62. The molecule has 23 heavy (non-hydrogen) atoms. The topological polar surface area (TPSA) is 66.9 Å². The lowest BCUT2D eigenvalue weighted by Gasteiger charge is -2.60. The van der Waals surface area contributed by atoms with Crippen molar-refractivity contribution in [2.75, 3.05) is 0 Å². The maximum atomic E-state index is 13.0. The highest BCUT2D eigenvalue weighted by Crippen LogP contribution is 2.67. The molecular weight excluding hydrogens is 292 g/mol. The molecule has 0 aromatic carbocycles. The van der Waals surface area contributed by atoms with Gasteiger partial charge in [-0.1, -0.05) is 13.8 Å². The fourth-order valence-corrected chi connectivity index (χ4v) is 7.14. The van der Waals surface area contributed by atoms with E-state index in [-0.39, 0.29) is 34.7 Å². The lowest BCUT2D eigenvalue weighted by Crippen LogP contribution is -2.68. The van der Waals surface area contributed by atoms with Crippen LogP contribution in [0.1, 0.15) is 58.8 Å². The number of ether oxygens (including phenoxy) is 1. The van der Waals surface area contributed by atoms with Gasteiger partial charge in [0.2, 0.25) is 0 Å². The number of hydrogen-bond donors (Lipinski definition) is 1. The molecule has 126 valence electrons. The number of carbonyl (C=O) groups excluding carboxylic acids is 2. The van der Waals surface area contributed by atoms with E-state index < -0.39 is 5.60 Å². The molecule has 0 spiro atoms. The smallest absolute Gasteiger partial charge is 0.168 e. The van der Waals surface area contributed by atoms with Crippen molar-refractivity contribution in [2.45, 2.75) is 76.6 Å². The molecule has 5 rings (SSSR count). The Morgan fingerprint density at radius 1 is 1.04 bits per heavy atom. The summed E-state index contributed by atoms with van der Waals surface area (Å²) in [6.07, 6.45) is 5.59. The normalized spacial score (nSPS) is 60.6. The predicted molar refractivity (Wildman–Crippen MR) is 82.6 cm³/mol. The average Bonchev–Trinajstić information content (AvgIpc) is 3.24. The van der Waals surface area contributed by atoms with E-state index in [9.17, 15) is 14.7 Å². The molecule has 1 saturated heterocycles. The number of rotatable bonds is 0. The number of Topliss-reactive ketones (excluding diaryl/α,β-unsaturated/α-hetero) is 2. The molecule has 1 N–H and O–H groups in total. The van der Waals surface area contributed by atoms with Crippen LogP contribution in [0.15, 0.2) is 0 Å². The first kappa shape index (κ1) is 14.6. The summed E-state index contributed by atoms with van der Waals surface area (Å²) < 4.78 is 5.66. The van der Waals surface area contributed by atoms with Crippen LogP contribution in [-0.4, -0.2) is 34.5 Å². The molecule has 3 unspecified atom stereocenters. The maximum Gasteiger partial charge on any atom is 0.168 e. The third kappa shape index (κ3) is 1.47. The summed E-state index contributed by atoms with van der Waals surface area (Å²) in [6, 6.07) is 0. The SMILES string of the molecule is C[C@]12CCC3C(CC(=O)[C@@]4(O)[C@@H]5O[C@@H]5CC[C@]34C)C1CCC2=O. The summed E-state index contributed by atoms with van der Waals surface area (Å²) in [4.78, 5) is 25.4. The first-order valence-electron chi connectivity index (χ1n) is 9.27. The monoisotopic (exact) mass is 318 g/mol. The van der Waals surface area contributed by atoms with E-state index in [0.29, 0.717) is 30.5 Å². The molecule has 8 atom stereocenters. The van der Waals surface area contributed by atoms with Gasteiger partial charge in [0.25, 0.3) is 0 Å². The van der Waals surface area contributed by atoms with Crippen molar-refractivity contribution in [3.63, 3.8) is 0 Å². The molecule has 5 aliphatic rings. The second-order valence-corrected chi connectivity index (χ2v) is 9.24. The van der Waals surface area contributed by atoms with Crippen molar-refractivity contribution in [1.29, 1.82) is 0 Å². The highest BCUT2D eigenvalue weighted by atomic mass is 16.6. The first-order chi connectivity index (χ1) is 10.8. The van der Waals surface area contributed by atoms with Gasteiger partial charge in [-0.3, -0.25) is 9.59 Å². The lowest BCUT2D eigenvalue weighted by molar-refractivity contribution is -0.200. The van der Waals surface area contributed by atoms with Crippen molar-refractivity contribution in [2.24, 2.45) is 28.6 Å². The van der Waals surface area contributed by atoms with Gasteiger partial charge in [-0.15, -0.1) is 0 Å². The Kier molecular flexibility index (Phi) is 2.59. The van der Waals surface area contributed by atoms with Crippen LogP contribution >= 0.6 is 0 Å². The van der Waals surface area contributed by atoms with Gasteiger partial charge < -0.3 is 9.84 Å². The molecule has 1 heterocycles. The Balaban J connectivity index is 1.58. The summed E-state index contributed by atoms with van der Waals surface area (Å²) in [5, 5.41) is 11.4. The molecule has 0 bridgehead atoms. The van der Waals surface area contributed by atoms with Crippen LogP contribution in [0.3, 0.4) is 0 Å². The van der Waals surface area contributed by atoms with Crippen LogP contribution in [0.5, 0.6) is 0 Å². The van der Waals surface area contributed by atoms with Crippen LogP contribution in [-0.2, 0) is 14.3 Å². The molecule has 4 aliphatic carbocycles. The van der Waals surface area contributed by atoms with Gasteiger partial charge in [0.1, 0.15) is 11.9 Å². The molecule has 4 heteroatoms. The van der Waals surface area contributed by atoms with Crippen molar-refractivity contribution in [3.05, 3.63) is 0 Å². The Labute approximate surface area is 137 Å². The molecular formula is C19H26O4. The summed E-state index contributed by atoms with van der Waals surface area (Å²) in [6.45, 7) is 4.25. The first-order valence-corrected chi connectivity index (χ1v) is 9.27. The van der Waals surface area contributed by atoms with Gasteiger partial charge in [-0.25, -0.2) is 0 Å². The summed E-state index contributed by atoms with van der Waals surface area (Å²) in [7, 11) is 0. The van der Waals surface area contributed by atoms with E-state index in [4.69, 9.17) is 4.74 Å². The fraction of sp³-hybridized carbons (Fsp3) is 0.895. The van der Waals surface area contributed by atoms with Gasteiger partial charge >= 0.3 is 0 Å². The molecule has 5 fully saturated rings. The minimum atomic E-state index is -1.28. The van der Waals surface area contributed by atoms with Crippen molar-refractivity contribution in [3.8, 4) is 0 Å². The number of carbonyl (C=O) groups is 2. The van der Waals surface area contributed by atoms with Crippen molar-refractivity contribution in [1.82, 2.24) is 0 Å². The zero-order valence-corrected chi connectivity index (χ0v) is 14.0. The highest BCUT2D eigenvalue weighted by Gasteiger charge is 2.74. The number of epoxide rings is 1. The number of aliphatic hydroxyl groups is 1. The number of ketones is 2. The predicted octanol–water partition coefficient (Wildman–Crippen LogP) is 2.27. The minimum Gasteiger partial charge on any atom is -0.379 e. The van der Waals surface area contributed by atoms with Crippen LogP contribution in [0.25, 0.3) is 0 Å². The third-order valence-corrected chi connectivity index (χ3v) is 8.62. The van der Waals surface area contributed by atoms with E-state index in [1.165, 1.54) is 0 Å². The van der Waals surface area contributed by atoms with Gasteiger partial charge in [0.15, 0.2) is 11.4 Å². The maximum absolute atomic E-state index is 13.0. The quantitative estimate of drug-likeness (QED) is 0.696. The van der Waals surface area contributed by atoms with Gasteiger partial charge in [0.05, 0.1) is 6.10 Å². The molecule has 0 amide bonds. The second-order valence-electron chi connectivity index (χ2n) is 9.24. The van der Waals surface area contributed by atoms with E-state index in [1.807, 2.05) is 0 Å². The van der Waals surface area contributed by atoms with Gasteiger partial charge in [0, 0.05) is 23.7 Å². The van der Waals surface area contributed by atoms with Gasteiger partial charge in [-0.05, 0) is 49.9 Å². The van der Waals surface area contributed by atoms with Crippen molar-refractivity contribution >= 4 is 11.6 Å². The Morgan fingerprint density at radius 2 is 1.83 bits per heavy atom. The molecule has 0 aromatic rings. The zero-order valence-electron chi connectivity index (χ0n) is 14.0. The second kappa shape index (κ2) is 4.08. The van der Waals surface area contributed by atoms with Crippen molar-refractivity contribution < 1.29 is 19.4 Å². The zero-order chi connectivity index (χ0) is 16.2. The summed E-state index contributed by atoms with van der Waals surface area (Å²) in [5.74, 6) is 1.33. The standard InChI is InChI=1S/C19H26O4/c1-17-7-5-12-10(11(17)3-4-14(17)20)9-15(21)19(22)16-13(23-16)6-8-18(12,19)2/h10-13,16,22H,3-9H2,1-2H3/t10?,11?,12?,13-,16-,17+,18-,19-/m1/s1. The summed E-state index contributed by atoms with van der Waals surface area (Å²) in [5.41, 5.74) is -1.88. The number of fused-ring (bicyclic) bond motifs is 7. The highest BCUT2D eigenvalue weighted by molar-refractivity contribution is 5.92. The van der Waals surface area contributed by atoms with Crippen LogP contribution in [0.4, 0.5) is 0 Å². The van der Waals surface area contributed by atoms with Crippen LogP contribution in [0.2, 0.25) is 0 Å². The molecule has 0 aromatic heterocycles. The van der Waals surface area contributed by atoms with Crippen LogP contribution in [0, 0.1) is 28.6 Å². The summed E-state index contributed by atoms with van der Waals surface area (Å²) >= 11 is 0. The van der Waals surface area contributed by atoms with Gasteiger partial charge in [-0.2, -0.15) is 0 Å². The molecule has 4 nitrogen and oxygen atoms in total. The average molecular weight is 318 g/mol. The van der Waals surface area contributed by atoms with E-state index >= 15 is 0 Å². The number of hydrogen-bond acceptors (Lipinski definition) is 4.